The van der Waals surface area contributed by atoms with Crippen molar-refractivity contribution >= 4 is 11.4 Å². The second kappa shape index (κ2) is 6.21. The van der Waals surface area contributed by atoms with E-state index in [1.165, 1.54) is 24.3 Å². The molecule has 2 N–H and O–H groups in total. The molecule has 22 heavy (non-hydrogen) atoms. The first kappa shape index (κ1) is 15.4. The second-order valence-corrected chi connectivity index (χ2v) is 4.76. The molecular weight excluding hydrogens is 288 g/mol. The summed E-state index contributed by atoms with van der Waals surface area (Å²) in [7, 11) is 0. The van der Waals surface area contributed by atoms with Crippen molar-refractivity contribution in [3.05, 3.63) is 50.8 Å². The lowest BCUT2D eigenvalue weighted by Gasteiger charge is -2.14. The average Bonchev–Trinajstić information content (AvgIpc) is 2.52. The molecule has 0 aliphatic heterocycles. The molecule has 0 aliphatic rings. The molecule has 0 bridgehead atoms. The Morgan fingerprint density at radius 2 is 1.73 bits per heavy atom. The Balaban J connectivity index is 2.35. The first-order valence-electron chi connectivity index (χ1n) is 6.43. The van der Waals surface area contributed by atoms with Crippen LogP contribution in [0.5, 0.6) is 17.2 Å². The molecule has 0 radical (unpaired) electrons. The summed E-state index contributed by atoms with van der Waals surface area (Å²) in [5.74, 6) is -0.587. The third-order valence-corrected chi connectivity index (χ3v) is 3.47. The smallest absolute Gasteiger partial charge is 0.187 e. The van der Waals surface area contributed by atoms with Gasteiger partial charge in [0.1, 0.15) is 12.3 Å². The normalized spacial score (nSPS) is 10.3. The van der Waals surface area contributed by atoms with Crippen molar-refractivity contribution in [2.24, 2.45) is 10.4 Å². The standard InChI is InChI=1S/C15H14N2O5/c1-8-6-12(17-21)14(18)10(9(8)2)7-22-13-5-3-4-11(16-20)15(13)19/h3-6,18-19H,7H2,1-2H3. The molecule has 0 aromatic heterocycles. The maximum atomic E-state index is 10.7. The van der Waals surface area contributed by atoms with Crippen LogP contribution >= 0.6 is 0 Å². The summed E-state index contributed by atoms with van der Waals surface area (Å²) in [4.78, 5) is 21.3. The minimum Gasteiger partial charge on any atom is -0.505 e. The third-order valence-electron chi connectivity index (χ3n) is 3.47. The third kappa shape index (κ3) is 2.73. The Bertz CT molecular complexity index is 743. The molecule has 7 heteroatoms. The quantitative estimate of drug-likeness (QED) is 0.808. The Morgan fingerprint density at radius 1 is 1.05 bits per heavy atom. The number of aromatic hydroxyl groups is 2. The number of benzene rings is 2. The number of phenols is 2. The van der Waals surface area contributed by atoms with Crippen molar-refractivity contribution in [1.82, 2.24) is 0 Å². The van der Waals surface area contributed by atoms with Gasteiger partial charge in [-0.1, -0.05) is 6.07 Å². The zero-order chi connectivity index (χ0) is 16.3. The van der Waals surface area contributed by atoms with Crippen molar-refractivity contribution in [2.75, 3.05) is 0 Å². The van der Waals surface area contributed by atoms with Gasteiger partial charge in [-0.15, -0.1) is 9.81 Å². The van der Waals surface area contributed by atoms with Crippen LogP contribution in [0.25, 0.3) is 0 Å². The highest BCUT2D eigenvalue weighted by molar-refractivity contribution is 5.61. The van der Waals surface area contributed by atoms with Gasteiger partial charge in [0, 0.05) is 5.56 Å². The van der Waals surface area contributed by atoms with E-state index in [1.54, 1.807) is 13.8 Å². The van der Waals surface area contributed by atoms with Crippen molar-refractivity contribution in [3.8, 4) is 17.2 Å². The Morgan fingerprint density at radius 3 is 2.36 bits per heavy atom. The zero-order valence-electron chi connectivity index (χ0n) is 12.0. The molecule has 0 spiro atoms. The molecular formula is C15H14N2O5. The topological polar surface area (TPSA) is 109 Å². The van der Waals surface area contributed by atoms with Gasteiger partial charge in [-0.2, -0.15) is 0 Å². The van der Waals surface area contributed by atoms with Crippen LogP contribution in [0.2, 0.25) is 0 Å². The number of rotatable bonds is 5. The van der Waals surface area contributed by atoms with Crippen LogP contribution in [-0.2, 0) is 6.61 Å². The number of phenolic OH excluding ortho intramolecular Hbond substituents is 2. The molecule has 0 fully saturated rings. The van der Waals surface area contributed by atoms with Gasteiger partial charge in [-0.3, -0.25) is 0 Å². The summed E-state index contributed by atoms with van der Waals surface area (Å²) in [5.41, 5.74) is 1.69. The van der Waals surface area contributed by atoms with Gasteiger partial charge in [0.2, 0.25) is 0 Å². The maximum absolute atomic E-state index is 10.7. The molecule has 0 amide bonds. The Labute approximate surface area is 126 Å². The largest absolute Gasteiger partial charge is 0.505 e. The lowest BCUT2D eigenvalue weighted by Crippen LogP contribution is -2.00. The van der Waals surface area contributed by atoms with Crippen LogP contribution in [-0.4, -0.2) is 10.2 Å². The van der Waals surface area contributed by atoms with Crippen molar-refractivity contribution in [1.29, 1.82) is 0 Å². The summed E-state index contributed by atoms with van der Waals surface area (Å²) in [6, 6.07) is 5.80. The van der Waals surface area contributed by atoms with E-state index in [1.807, 2.05) is 0 Å². The van der Waals surface area contributed by atoms with Crippen LogP contribution in [0.4, 0.5) is 11.4 Å². The first-order chi connectivity index (χ1) is 10.5. The number of hydrogen-bond acceptors (Lipinski definition) is 7. The van der Waals surface area contributed by atoms with Gasteiger partial charge >= 0.3 is 0 Å². The monoisotopic (exact) mass is 302 g/mol. The molecule has 7 nitrogen and oxygen atoms in total. The highest BCUT2D eigenvalue weighted by Gasteiger charge is 2.16. The SMILES string of the molecule is Cc1cc(N=O)c(O)c(COc2cccc(N=O)c2O)c1C. The lowest BCUT2D eigenvalue weighted by atomic mass is 10.0. The molecule has 0 atom stereocenters. The summed E-state index contributed by atoms with van der Waals surface area (Å²) < 4.78 is 5.43. The van der Waals surface area contributed by atoms with Gasteiger partial charge in [0.05, 0.1) is 0 Å². The van der Waals surface area contributed by atoms with E-state index in [2.05, 4.69) is 10.4 Å². The number of nitroso groups, excluding NO2 is 2. The number of hydrogen-bond donors (Lipinski definition) is 2. The summed E-state index contributed by atoms with van der Waals surface area (Å²) in [5, 5.41) is 25.3. The van der Waals surface area contributed by atoms with Gasteiger partial charge in [-0.25, -0.2) is 0 Å². The van der Waals surface area contributed by atoms with E-state index in [9.17, 15) is 20.0 Å². The molecule has 2 aromatic rings. The minimum absolute atomic E-state index is 0.0537. The predicted molar refractivity (Wildman–Crippen MR) is 80.9 cm³/mol. The van der Waals surface area contributed by atoms with E-state index in [4.69, 9.17) is 4.74 Å². The van der Waals surface area contributed by atoms with Crippen molar-refractivity contribution in [3.63, 3.8) is 0 Å². The van der Waals surface area contributed by atoms with Crippen LogP contribution in [0.3, 0.4) is 0 Å². The molecule has 0 saturated carbocycles. The van der Waals surface area contributed by atoms with Crippen LogP contribution in [0, 0.1) is 23.7 Å². The van der Waals surface area contributed by atoms with Gasteiger partial charge < -0.3 is 14.9 Å². The fourth-order valence-electron chi connectivity index (χ4n) is 2.05. The van der Waals surface area contributed by atoms with E-state index >= 15 is 0 Å². The van der Waals surface area contributed by atoms with E-state index in [0.29, 0.717) is 5.56 Å². The molecule has 114 valence electrons. The summed E-state index contributed by atoms with van der Waals surface area (Å²) >= 11 is 0. The zero-order valence-corrected chi connectivity index (χ0v) is 12.0. The second-order valence-electron chi connectivity index (χ2n) is 4.76. The molecule has 0 unspecified atom stereocenters. The maximum Gasteiger partial charge on any atom is 0.187 e. The number of aryl methyl sites for hydroxylation is 1. The summed E-state index contributed by atoms with van der Waals surface area (Å²) in [6.45, 7) is 3.45. The van der Waals surface area contributed by atoms with E-state index in [-0.39, 0.29) is 35.2 Å². The van der Waals surface area contributed by atoms with E-state index in [0.717, 1.165) is 11.1 Å². The minimum atomic E-state index is -0.379. The molecule has 2 aromatic carbocycles. The highest BCUT2D eigenvalue weighted by atomic mass is 16.5. The summed E-state index contributed by atoms with van der Waals surface area (Å²) in [6.07, 6.45) is 0. The Kier molecular flexibility index (Phi) is 4.36. The lowest BCUT2D eigenvalue weighted by molar-refractivity contribution is 0.283. The van der Waals surface area contributed by atoms with E-state index < -0.39 is 0 Å². The van der Waals surface area contributed by atoms with Crippen LogP contribution < -0.4 is 4.74 Å². The van der Waals surface area contributed by atoms with Crippen LogP contribution in [0.1, 0.15) is 16.7 Å². The molecule has 0 aliphatic carbocycles. The molecule has 2 rings (SSSR count). The van der Waals surface area contributed by atoms with Crippen molar-refractivity contribution in [2.45, 2.75) is 20.5 Å². The molecule has 0 heterocycles. The fourth-order valence-corrected chi connectivity index (χ4v) is 2.05. The average molecular weight is 302 g/mol. The van der Waals surface area contributed by atoms with Crippen LogP contribution in [0.15, 0.2) is 34.6 Å². The van der Waals surface area contributed by atoms with Gasteiger partial charge in [0.25, 0.3) is 0 Å². The fraction of sp³-hybridized carbons (Fsp3) is 0.200. The van der Waals surface area contributed by atoms with Crippen molar-refractivity contribution < 1.29 is 14.9 Å². The first-order valence-corrected chi connectivity index (χ1v) is 6.43. The number of para-hydroxylation sites is 1. The highest BCUT2D eigenvalue weighted by Crippen LogP contribution is 2.38. The number of ether oxygens (including phenoxy) is 1. The van der Waals surface area contributed by atoms with Gasteiger partial charge in [-0.05, 0) is 53.5 Å². The Hall–Kier alpha value is -2.96. The number of nitrogens with zero attached hydrogens (tertiary/aromatic N) is 2. The molecule has 0 saturated heterocycles. The van der Waals surface area contributed by atoms with Gasteiger partial charge in [0.15, 0.2) is 22.9 Å². The predicted octanol–water partition coefficient (Wildman–Crippen LogP) is 4.09.